The molecule has 6 nitrogen and oxygen atoms in total. The van der Waals surface area contributed by atoms with Crippen LogP contribution in [0.3, 0.4) is 0 Å². The first-order valence-corrected chi connectivity index (χ1v) is 27.4. The van der Waals surface area contributed by atoms with Gasteiger partial charge in [-0.05, 0) is 82.7 Å². The molecule has 0 bridgehead atoms. The first-order chi connectivity index (χ1) is 31.5. The van der Waals surface area contributed by atoms with Crippen LogP contribution in [-0.2, 0) is 20.2 Å². The average Bonchev–Trinajstić information content (AvgIpc) is 3.33. The van der Waals surface area contributed by atoms with Crippen molar-refractivity contribution in [1.29, 1.82) is 0 Å². The lowest BCUT2D eigenvalue weighted by atomic mass is 10.1. The summed E-state index contributed by atoms with van der Waals surface area (Å²) in [5, 5.41) is 9.24. The van der Waals surface area contributed by atoms with E-state index in [-0.39, 0.29) is 15.2 Å². The molecular formula is C55H58O6P2S2. The Bertz CT molecular complexity index is 2420. The Morgan fingerprint density at radius 1 is 0.323 bits per heavy atom. The Labute approximate surface area is 389 Å². The zero-order valence-corrected chi connectivity index (χ0v) is 40.4. The third-order valence-electron chi connectivity index (χ3n) is 10.2. The van der Waals surface area contributed by atoms with Crippen molar-refractivity contribution in [3.05, 3.63) is 218 Å². The van der Waals surface area contributed by atoms with Gasteiger partial charge >= 0.3 is 0 Å². The maximum absolute atomic E-state index is 10.9. The van der Waals surface area contributed by atoms with Crippen molar-refractivity contribution in [3.8, 4) is 0 Å². The lowest BCUT2D eigenvalue weighted by Gasteiger charge is -2.18. The number of hydrogen-bond donors (Lipinski definition) is 2. The van der Waals surface area contributed by atoms with Crippen molar-refractivity contribution < 1.29 is 25.9 Å². The Hall–Kier alpha value is -5.30. The third-order valence-corrected chi connectivity index (χ3v) is 16.8. The van der Waals surface area contributed by atoms with Crippen LogP contribution in [0.5, 0.6) is 0 Å². The Balaban J connectivity index is 0.000000168. The van der Waals surface area contributed by atoms with Crippen LogP contribution in [0.2, 0.25) is 0 Å². The Morgan fingerprint density at radius 3 is 0.769 bits per heavy atom. The summed E-state index contributed by atoms with van der Waals surface area (Å²) in [6.07, 6.45) is 9.97. The van der Waals surface area contributed by atoms with E-state index in [0.717, 1.165) is 12.1 Å². The summed E-state index contributed by atoms with van der Waals surface area (Å²) >= 11 is 0. The predicted octanol–water partition coefficient (Wildman–Crippen LogP) is 12.0. The van der Waals surface area contributed by atoms with E-state index >= 15 is 0 Å². The van der Waals surface area contributed by atoms with Gasteiger partial charge < -0.3 is 0 Å². The number of unbranched alkanes of at least 4 members (excludes halogenated alkanes) is 6. The zero-order chi connectivity index (χ0) is 46.3. The van der Waals surface area contributed by atoms with Crippen LogP contribution in [0, 0.1) is 0 Å². The van der Waals surface area contributed by atoms with Crippen molar-refractivity contribution in [2.45, 2.75) is 68.6 Å². The third kappa shape index (κ3) is 16.6. The summed E-state index contributed by atoms with van der Waals surface area (Å²) < 4.78 is 61.5. The highest BCUT2D eigenvalue weighted by molar-refractivity contribution is 7.86. The standard InChI is InChI=1S/2C18H15P.C10H8O6S2.C9H20/c2*1-4-10-16(11-5-1)19(17-12-6-2-7-13-17)18-14-8-3-9-15-18;11-17(12,13)9-3-1-7-2-4-10(18(14,15)16)6-8(7)5-9;1-3-5-7-9-8-6-4-2/h2*1-15H;1-6H,(H,11,12,13)(H,14,15,16);3-9H2,1-2H3. The molecule has 0 amide bonds. The lowest BCUT2D eigenvalue weighted by Crippen LogP contribution is -2.20. The first-order valence-electron chi connectivity index (χ1n) is 21.9. The molecule has 0 aliphatic rings. The molecule has 0 unspecified atom stereocenters. The molecule has 0 fully saturated rings. The van der Waals surface area contributed by atoms with E-state index in [1.54, 1.807) is 0 Å². The van der Waals surface area contributed by atoms with Crippen LogP contribution in [0.1, 0.15) is 58.8 Å². The van der Waals surface area contributed by atoms with Crippen molar-refractivity contribution in [1.82, 2.24) is 0 Å². The van der Waals surface area contributed by atoms with Gasteiger partial charge in [0.2, 0.25) is 0 Å². The van der Waals surface area contributed by atoms with Gasteiger partial charge in [0.25, 0.3) is 20.2 Å². The quantitative estimate of drug-likeness (QED) is 0.0639. The molecule has 0 aliphatic heterocycles. The largest absolute Gasteiger partial charge is 0.294 e. The second-order valence-electron chi connectivity index (χ2n) is 15.1. The maximum Gasteiger partial charge on any atom is 0.294 e. The molecule has 2 N–H and O–H groups in total. The zero-order valence-electron chi connectivity index (χ0n) is 37.0. The number of hydrogen-bond acceptors (Lipinski definition) is 4. The van der Waals surface area contributed by atoms with E-state index in [4.69, 9.17) is 9.11 Å². The van der Waals surface area contributed by atoms with Crippen LogP contribution >= 0.6 is 15.8 Å². The van der Waals surface area contributed by atoms with E-state index in [9.17, 15) is 16.8 Å². The van der Waals surface area contributed by atoms with Gasteiger partial charge in [0.15, 0.2) is 0 Å². The van der Waals surface area contributed by atoms with Crippen molar-refractivity contribution in [2.75, 3.05) is 0 Å². The van der Waals surface area contributed by atoms with Crippen LogP contribution in [-0.4, -0.2) is 25.9 Å². The molecule has 65 heavy (non-hydrogen) atoms. The van der Waals surface area contributed by atoms with Crippen molar-refractivity contribution >= 4 is 78.7 Å². The van der Waals surface area contributed by atoms with Crippen LogP contribution < -0.4 is 31.8 Å². The van der Waals surface area contributed by atoms with Crippen LogP contribution in [0.15, 0.2) is 228 Å². The monoisotopic (exact) mass is 940 g/mol. The minimum absolute atomic E-state index is 0.278. The number of benzene rings is 8. The summed E-state index contributed by atoms with van der Waals surface area (Å²) in [6.45, 7) is 4.53. The average molecular weight is 941 g/mol. The van der Waals surface area contributed by atoms with Crippen molar-refractivity contribution in [2.24, 2.45) is 0 Å². The predicted molar refractivity (Wildman–Crippen MR) is 278 cm³/mol. The summed E-state index contributed by atoms with van der Waals surface area (Å²) in [5.74, 6) is 0. The summed E-state index contributed by atoms with van der Waals surface area (Å²) in [6, 6.07) is 72.1. The normalized spacial score (nSPS) is 11.1. The fourth-order valence-corrected chi connectivity index (χ4v) is 12.6. The van der Waals surface area contributed by atoms with Gasteiger partial charge in [-0.25, -0.2) is 0 Å². The Kier molecular flexibility index (Phi) is 20.8. The molecule has 8 aromatic carbocycles. The second kappa shape index (κ2) is 26.6. The highest BCUT2D eigenvalue weighted by Crippen LogP contribution is 2.33. The number of fused-ring (bicyclic) bond motifs is 1. The molecule has 10 heteroatoms. The van der Waals surface area contributed by atoms with Gasteiger partial charge in [0.1, 0.15) is 0 Å². The van der Waals surface area contributed by atoms with Gasteiger partial charge in [0.05, 0.1) is 9.79 Å². The maximum atomic E-state index is 10.9. The molecule has 0 radical (unpaired) electrons. The van der Waals surface area contributed by atoms with Gasteiger partial charge in [-0.15, -0.1) is 0 Å². The fourth-order valence-electron chi connectivity index (χ4n) is 6.91. The summed E-state index contributed by atoms with van der Waals surface area (Å²) in [4.78, 5) is -0.690. The van der Waals surface area contributed by atoms with Gasteiger partial charge in [-0.1, -0.05) is 253 Å². The highest BCUT2D eigenvalue weighted by Gasteiger charge is 2.17. The SMILES string of the molecule is CCCCCCCCC.O=S(=O)(O)c1ccc2ccc(S(=O)(=O)O)cc2c1.c1ccc(P(c2ccccc2)c2ccccc2)cc1.c1ccc(P(c2ccccc2)c2ccccc2)cc1. The smallest absolute Gasteiger partial charge is 0.282 e. The van der Waals surface area contributed by atoms with E-state index in [1.165, 1.54) is 101 Å². The molecule has 0 heterocycles. The second-order valence-corrected chi connectivity index (χ2v) is 22.4. The molecule has 0 atom stereocenters. The topological polar surface area (TPSA) is 109 Å². The molecular weight excluding hydrogens is 883 g/mol. The Morgan fingerprint density at radius 2 is 0.554 bits per heavy atom. The van der Waals surface area contributed by atoms with E-state index < -0.39 is 36.1 Å². The molecule has 0 aromatic heterocycles. The highest BCUT2D eigenvalue weighted by atomic mass is 32.2. The van der Waals surface area contributed by atoms with Crippen LogP contribution in [0.25, 0.3) is 10.8 Å². The first kappa shape index (κ1) is 50.7. The summed E-state index contributed by atoms with van der Waals surface area (Å²) in [5.41, 5.74) is 0. The summed E-state index contributed by atoms with van der Waals surface area (Å²) in [7, 11) is -9.60. The number of rotatable bonds is 14. The molecule has 0 saturated heterocycles. The fraction of sp³-hybridized carbons (Fsp3) is 0.164. The molecule has 336 valence electrons. The lowest BCUT2D eigenvalue weighted by molar-refractivity contribution is 0.481. The van der Waals surface area contributed by atoms with E-state index in [2.05, 4.69) is 196 Å². The van der Waals surface area contributed by atoms with E-state index in [1.807, 2.05) is 0 Å². The van der Waals surface area contributed by atoms with Gasteiger partial charge in [0, 0.05) is 0 Å². The van der Waals surface area contributed by atoms with E-state index in [0.29, 0.717) is 5.39 Å². The molecule has 8 aromatic rings. The molecule has 8 rings (SSSR count). The van der Waals surface area contributed by atoms with Gasteiger partial charge in [-0.2, -0.15) is 16.8 Å². The molecule has 0 spiro atoms. The molecule has 0 saturated carbocycles. The minimum atomic E-state index is -4.35. The molecule has 0 aliphatic carbocycles. The minimum Gasteiger partial charge on any atom is -0.282 e. The van der Waals surface area contributed by atoms with Gasteiger partial charge in [-0.3, -0.25) is 9.11 Å². The van der Waals surface area contributed by atoms with Crippen LogP contribution in [0.4, 0.5) is 0 Å². The van der Waals surface area contributed by atoms with Crippen molar-refractivity contribution in [3.63, 3.8) is 0 Å².